The molecule has 0 bridgehead atoms. The molecule has 0 aliphatic heterocycles. The topological polar surface area (TPSA) is 112 Å². The molecule has 0 fully saturated rings. The van der Waals surface area contributed by atoms with Crippen LogP contribution in [0.1, 0.15) is 45.9 Å². The molecule has 2 aromatic rings. The van der Waals surface area contributed by atoms with Gasteiger partial charge in [0.25, 0.3) is 0 Å². The second kappa shape index (κ2) is 8.09. The lowest BCUT2D eigenvalue weighted by molar-refractivity contribution is -0.113. The number of aromatic nitrogens is 3. The number of nitrogens with one attached hydrogen (secondary N) is 1. The van der Waals surface area contributed by atoms with Gasteiger partial charge in [0.15, 0.2) is 0 Å². The minimum absolute atomic E-state index is 0.124. The molecular formula is C16H21N5O3S2. The van der Waals surface area contributed by atoms with Crippen molar-refractivity contribution in [2.75, 3.05) is 24.0 Å². The summed E-state index contributed by atoms with van der Waals surface area (Å²) >= 11 is 2.67. The maximum atomic E-state index is 12.4. The zero-order valence-electron chi connectivity index (χ0n) is 14.7. The Balaban J connectivity index is 1.75. The van der Waals surface area contributed by atoms with Crippen LogP contribution in [0.4, 0.5) is 5.00 Å². The average molecular weight is 396 g/mol. The minimum atomic E-state index is -0.398. The van der Waals surface area contributed by atoms with E-state index in [1.165, 1.54) is 39.8 Å². The standard InChI is InChI=1S/C16H21N5O3S2/c1-9-19-20-16(21(9)17)25-8-12(22)18-14-13(15(23)24-2)10-6-4-3-5-7-11(10)26-14/h3-8,17H2,1-2H3,(H,18,22). The highest BCUT2D eigenvalue weighted by Crippen LogP contribution is 2.38. The third-order valence-corrected chi connectivity index (χ3v) is 6.38. The Morgan fingerprint density at radius 2 is 2.08 bits per heavy atom. The van der Waals surface area contributed by atoms with Gasteiger partial charge < -0.3 is 15.9 Å². The number of nitrogens with zero attached hydrogens (tertiary/aromatic N) is 3. The van der Waals surface area contributed by atoms with Crippen molar-refractivity contribution < 1.29 is 14.3 Å². The van der Waals surface area contributed by atoms with Gasteiger partial charge >= 0.3 is 5.97 Å². The number of hydrogen-bond acceptors (Lipinski definition) is 8. The van der Waals surface area contributed by atoms with E-state index in [0.717, 1.165) is 37.7 Å². The summed E-state index contributed by atoms with van der Waals surface area (Å²) in [4.78, 5) is 25.8. The summed E-state index contributed by atoms with van der Waals surface area (Å²) in [6.45, 7) is 1.73. The SMILES string of the molecule is COC(=O)c1c(NC(=O)CSc2nnc(C)n2N)sc2c1CCCCC2. The van der Waals surface area contributed by atoms with Crippen molar-refractivity contribution in [3.63, 3.8) is 0 Å². The van der Waals surface area contributed by atoms with Crippen LogP contribution < -0.4 is 11.2 Å². The number of carbonyl (C=O) groups is 2. The minimum Gasteiger partial charge on any atom is -0.465 e. The number of esters is 1. The Labute approximate surface area is 159 Å². The van der Waals surface area contributed by atoms with Crippen LogP contribution in [0.3, 0.4) is 0 Å². The van der Waals surface area contributed by atoms with Crippen LogP contribution in [0.2, 0.25) is 0 Å². The molecule has 1 aliphatic carbocycles. The predicted molar refractivity (Wildman–Crippen MR) is 101 cm³/mol. The maximum Gasteiger partial charge on any atom is 0.341 e. The highest BCUT2D eigenvalue weighted by molar-refractivity contribution is 7.99. The maximum absolute atomic E-state index is 12.4. The number of fused-ring (bicyclic) bond motifs is 1. The third-order valence-electron chi connectivity index (χ3n) is 4.23. The molecular weight excluding hydrogens is 374 g/mol. The van der Waals surface area contributed by atoms with Gasteiger partial charge in [-0.05, 0) is 38.2 Å². The first-order valence-corrected chi connectivity index (χ1v) is 10.1. The molecule has 2 aromatic heterocycles. The summed E-state index contributed by atoms with van der Waals surface area (Å²) in [5, 5.41) is 11.7. The fraction of sp³-hybridized carbons (Fsp3) is 0.500. The molecule has 10 heteroatoms. The number of aryl methyl sites for hydroxylation is 2. The van der Waals surface area contributed by atoms with Gasteiger partial charge in [-0.1, -0.05) is 18.2 Å². The average Bonchev–Trinajstić information content (AvgIpc) is 3.02. The van der Waals surface area contributed by atoms with Gasteiger partial charge in [-0.2, -0.15) is 0 Å². The largest absolute Gasteiger partial charge is 0.465 e. The van der Waals surface area contributed by atoms with Gasteiger partial charge in [0, 0.05) is 4.88 Å². The second-order valence-electron chi connectivity index (χ2n) is 6.00. The van der Waals surface area contributed by atoms with Gasteiger partial charge in [-0.3, -0.25) is 4.79 Å². The Morgan fingerprint density at radius 3 is 2.77 bits per heavy atom. The molecule has 0 saturated heterocycles. The number of methoxy groups -OCH3 is 1. The fourth-order valence-corrected chi connectivity index (χ4v) is 4.89. The van der Waals surface area contributed by atoms with E-state index in [0.29, 0.717) is 21.5 Å². The number of thioether (sulfide) groups is 1. The number of nitrogens with two attached hydrogens (primary N) is 1. The van der Waals surface area contributed by atoms with Crippen molar-refractivity contribution in [2.45, 2.75) is 44.2 Å². The zero-order chi connectivity index (χ0) is 18.7. The quantitative estimate of drug-likeness (QED) is 0.345. The number of ether oxygens (including phenoxy) is 1. The Kier molecular flexibility index (Phi) is 5.82. The van der Waals surface area contributed by atoms with Crippen LogP contribution >= 0.6 is 23.1 Å². The van der Waals surface area contributed by atoms with E-state index in [4.69, 9.17) is 10.6 Å². The lowest BCUT2D eigenvalue weighted by Gasteiger charge is -2.07. The highest BCUT2D eigenvalue weighted by Gasteiger charge is 2.26. The van der Waals surface area contributed by atoms with Crippen LogP contribution in [-0.4, -0.2) is 39.6 Å². The van der Waals surface area contributed by atoms with E-state index in [1.807, 2.05) is 0 Å². The van der Waals surface area contributed by atoms with Crippen LogP contribution in [0.25, 0.3) is 0 Å². The Morgan fingerprint density at radius 1 is 1.31 bits per heavy atom. The molecule has 0 radical (unpaired) electrons. The Bertz CT molecular complexity index is 830. The number of hydrogen-bond donors (Lipinski definition) is 2. The summed E-state index contributed by atoms with van der Waals surface area (Å²) in [5.41, 5.74) is 1.53. The van der Waals surface area contributed by atoms with Gasteiger partial charge in [-0.15, -0.1) is 21.5 Å². The van der Waals surface area contributed by atoms with Gasteiger partial charge in [0.05, 0.1) is 18.4 Å². The van der Waals surface area contributed by atoms with Crippen molar-refractivity contribution in [1.29, 1.82) is 0 Å². The number of amides is 1. The van der Waals surface area contributed by atoms with E-state index >= 15 is 0 Å². The molecule has 0 unspecified atom stereocenters. The smallest absolute Gasteiger partial charge is 0.341 e. The summed E-state index contributed by atoms with van der Waals surface area (Å²) in [6, 6.07) is 0. The lowest BCUT2D eigenvalue weighted by Crippen LogP contribution is -2.17. The van der Waals surface area contributed by atoms with Crippen LogP contribution in [0, 0.1) is 6.92 Å². The van der Waals surface area contributed by atoms with Crippen molar-refractivity contribution in [2.24, 2.45) is 0 Å². The molecule has 3 N–H and O–H groups in total. The zero-order valence-corrected chi connectivity index (χ0v) is 16.3. The first-order valence-electron chi connectivity index (χ1n) is 8.33. The summed E-state index contributed by atoms with van der Waals surface area (Å²) in [5.74, 6) is 5.86. The number of rotatable bonds is 5. The molecule has 8 nitrogen and oxygen atoms in total. The first kappa shape index (κ1) is 18.7. The van der Waals surface area contributed by atoms with E-state index in [1.54, 1.807) is 6.92 Å². The Hall–Kier alpha value is -2.07. The summed E-state index contributed by atoms with van der Waals surface area (Å²) < 4.78 is 6.28. The van der Waals surface area contributed by atoms with Crippen molar-refractivity contribution >= 4 is 40.0 Å². The van der Waals surface area contributed by atoms with Crippen LogP contribution in [0.15, 0.2) is 5.16 Å². The van der Waals surface area contributed by atoms with Gasteiger partial charge in [0.1, 0.15) is 10.8 Å². The number of thiophene rings is 1. The third kappa shape index (κ3) is 3.85. The summed E-state index contributed by atoms with van der Waals surface area (Å²) in [7, 11) is 1.36. The van der Waals surface area contributed by atoms with Gasteiger partial charge in [0.2, 0.25) is 11.1 Å². The monoisotopic (exact) mass is 395 g/mol. The molecule has 0 atom stereocenters. The normalized spacial score (nSPS) is 13.8. The molecule has 1 aliphatic rings. The van der Waals surface area contributed by atoms with Crippen molar-refractivity contribution in [3.8, 4) is 0 Å². The molecule has 3 rings (SSSR count). The lowest BCUT2D eigenvalue weighted by atomic mass is 10.1. The van der Waals surface area contributed by atoms with E-state index in [2.05, 4.69) is 15.5 Å². The second-order valence-corrected chi connectivity index (χ2v) is 8.04. The molecule has 26 heavy (non-hydrogen) atoms. The van der Waals surface area contributed by atoms with E-state index in [9.17, 15) is 9.59 Å². The fourth-order valence-electron chi connectivity index (χ4n) is 2.89. The van der Waals surface area contributed by atoms with E-state index in [-0.39, 0.29) is 11.7 Å². The van der Waals surface area contributed by atoms with Crippen LogP contribution in [-0.2, 0) is 22.4 Å². The molecule has 0 saturated carbocycles. The number of anilines is 1. The van der Waals surface area contributed by atoms with Crippen molar-refractivity contribution in [1.82, 2.24) is 14.9 Å². The van der Waals surface area contributed by atoms with E-state index < -0.39 is 5.97 Å². The molecule has 140 valence electrons. The van der Waals surface area contributed by atoms with Crippen LogP contribution in [0.5, 0.6) is 0 Å². The van der Waals surface area contributed by atoms with Gasteiger partial charge in [-0.25, -0.2) is 9.47 Å². The van der Waals surface area contributed by atoms with Crippen molar-refractivity contribution in [3.05, 3.63) is 21.8 Å². The number of nitrogen functional groups attached to an aromatic ring is 1. The predicted octanol–water partition coefficient (Wildman–Crippen LogP) is 2.15. The summed E-state index contributed by atoms with van der Waals surface area (Å²) in [6.07, 6.45) is 5.07. The molecule has 1 amide bonds. The molecule has 0 aromatic carbocycles. The number of carbonyl (C=O) groups excluding carboxylic acids is 2. The first-order chi connectivity index (χ1) is 12.5. The molecule has 0 spiro atoms. The molecule has 2 heterocycles. The highest BCUT2D eigenvalue weighted by atomic mass is 32.2.